The molecule has 22 heavy (non-hydrogen) atoms. The van der Waals surface area contributed by atoms with Crippen LogP contribution in [0.4, 0.5) is 0 Å². The van der Waals surface area contributed by atoms with Crippen LogP contribution in [0.1, 0.15) is 11.5 Å². The third kappa shape index (κ3) is 3.04. The molecule has 0 fully saturated rings. The SMILES string of the molecule is COCCc1nccc(-c2cn(-c3ccccc3)nc2C)n1. The molecule has 3 rings (SSSR count). The molecule has 0 N–H and O–H groups in total. The molecule has 5 nitrogen and oxygen atoms in total. The Hall–Kier alpha value is -2.53. The van der Waals surface area contributed by atoms with Crippen molar-refractivity contribution in [1.82, 2.24) is 19.7 Å². The van der Waals surface area contributed by atoms with Gasteiger partial charge in [-0.05, 0) is 25.1 Å². The summed E-state index contributed by atoms with van der Waals surface area (Å²) in [6.45, 7) is 2.61. The van der Waals surface area contributed by atoms with Gasteiger partial charge in [-0.1, -0.05) is 18.2 Å². The number of para-hydroxylation sites is 1. The van der Waals surface area contributed by atoms with E-state index in [1.807, 2.05) is 54.2 Å². The number of rotatable bonds is 5. The maximum atomic E-state index is 5.08. The number of benzene rings is 1. The van der Waals surface area contributed by atoms with Gasteiger partial charge >= 0.3 is 0 Å². The van der Waals surface area contributed by atoms with Crippen molar-refractivity contribution in [1.29, 1.82) is 0 Å². The molecule has 0 saturated carbocycles. The van der Waals surface area contributed by atoms with Crippen molar-refractivity contribution >= 4 is 0 Å². The minimum Gasteiger partial charge on any atom is -0.384 e. The first-order valence-electron chi connectivity index (χ1n) is 7.21. The zero-order valence-corrected chi connectivity index (χ0v) is 12.7. The molecule has 0 radical (unpaired) electrons. The fraction of sp³-hybridized carbons (Fsp3) is 0.235. The standard InChI is InChI=1S/C17H18N4O/c1-13-15(12-21(20-13)14-6-4-3-5-7-14)16-8-10-18-17(19-16)9-11-22-2/h3-8,10,12H,9,11H2,1-2H3. The molecular formula is C17H18N4O. The van der Waals surface area contributed by atoms with Crippen molar-refractivity contribution in [2.24, 2.45) is 0 Å². The Morgan fingerprint density at radius 2 is 1.95 bits per heavy atom. The van der Waals surface area contributed by atoms with Gasteiger partial charge in [-0.3, -0.25) is 0 Å². The molecule has 0 amide bonds. The maximum absolute atomic E-state index is 5.08. The van der Waals surface area contributed by atoms with Crippen molar-refractivity contribution in [2.45, 2.75) is 13.3 Å². The van der Waals surface area contributed by atoms with E-state index in [-0.39, 0.29) is 0 Å². The Morgan fingerprint density at radius 3 is 2.73 bits per heavy atom. The summed E-state index contributed by atoms with van der Waals surface area (Å²) in [5.41, 5.74) is 3.89. The van der Waals surface area contributed by atoms with Gasteiger partial charge in [0.05, 0.1) is 23.7 Å². The quantitative estimate of drug-likeness (QED) is 0.726. The Kier molecular flexibility index (Phi) is 4.25. The van der Waals surface area contributed by atoms with Crippen molar-refractivity contribution in [3.8, 4) is 16.9 Å². The molecule has 0 unspecified atom stereocenters. The van der Waals surface area contributed by atoms with Crippen molar-refractivity contribution < 1.29 is 4.74 Å². The number of hydrogen-bond donors (Lipinski definition) is 0. The van der Waals surface area contributed by atoms with Crippen LogP contribution in [0, 0.1) is 6.92 Å². The number of hydrogen-bond acceptors (Lipinski definition) is 4. The van der Waals surface area contributed by atoms with Gasteiger partial charge in [0.15, 0.2) is 0 Å². The molecule has 0 spiro atoms. The Balaban J connectivity index is 1.94. The topological polar surface area (TPSA) is 52.8 Å². The first-order valence-corrected chi connectivity index (χ1v) is 7.21. The van der Waals surface area contributed by atoms with E-state index in [0.29, 0.717) is 13.0 Å². The second-order valence-corrected chi connectivity index (χ2v) is 5.01. The molecule has 2 aromatic heterocycles. The second kappa shape index (κ2) is 6.49. The van der Waals surface area contributed by atoms with Gasteiger partial charge in [0.1, 0.15) is 5.82 Å². The van der Waals surface area contributed by atoms with E-state index in [4.69, 9.17) is 4.74 Å². The maximum Gasteiger partial charge on any atom is 0.131 e. The smallest absolute Gasteiger partial charge is 0.131 e. The van der Waals surface area contributed by atoms with Crippen molar-refractivity contribution in [3.05, 3.63) is 60.3 Å². The lowest BCUT2D eigenvalue weighted by atomic mass is 10.2. The van der Waals surface area contributed by atoms with E-state index in [0.717, 1.165) is 28.5 Å². The van der Waals surface area contributed by atoms with Gasteiger partial charge in [-0.2, -0.15) is 5.10 Å². The number of ether oxygens (including phenoxy) is 1. The van der Waals surface area contributed by atoms with Crippen LogP contribution in [-0.4, -0.2) is 33.5 Å². The lowest BCUT2D eigenvalue weighted by molar-refractivity contribution is 0.200. The molecule has 1 aromatic carbocycles. The molecular weight excluding hydrogens is 276 g/mol. The first-order chi connectivity index (χ1) is 10.8. The largest absolute Gasteiger partial charge is 0.384 e. The zero-order chi connectivity index (χ0) is 15.4. The second-order valence-electron chi connectivity index (χ2n) is 5.01. The number of aryl methyl sites for hydroxylation is 1. The summed E-state index contributed by atoms with van der Waals surface area (Å²) in [5, 5.41) is 4.58. The summed E-state index contributed by atoms with van der Waals surface area (Å²) in [4.78, 5) is 8.88. The summed E-state index contributed by atoms with van der Waals surface area (Å²) in [6, 6.07) is 12.0. The molecule has 2 heterocycles. The Morgan fingerprint density at radius 1 is 1.14 bits per heavy atom. The van der Waals surface area contributed by atoms with Gasteiger partial charge in [-0.25, -0.2) is 14.6 Å². The number of aromatic nitrogens is 4. The highest BCUT2D eigenvalue weighted by Crippen LogP contribution is 2.22. The Bertz CT molecular complexity index is 752. The summed E-state index contributed by atoms with van der Waals surface area (Å²) in [5.74, 6) is 0.784. The monoisotopic (exact) mass is 294 g/mol. The van der Waals surface area contributed by atoms with Crippen LogP contribution in [0.3, 0.4) is 0 Å². The normalized spacial score (nSPS) is 10.8. The van der Waals surface area contributed by atoms with E-state index in [9.17, 15) is 0 Å². The van der Waals surface area contributed by atoms with E-state index < -0.39 is 0 Å². The van der Waals surface area contributed by atoms with E-state index in [1.54, 1.807) is 13.3 Å². The van der Waals surface area contributed by atoms with E-state index in [1.165, 1.54) is 0 Å². The first kappa shape index (κ1) is 14.4. The molecule has 0 saturated heterocycles. The average molecular weight is 294 g/mol. The highest BCUT2D eigenvalue weighted by Gasteiger charge is 2.10. The zero-order valence-electron chi connectivity index (χ0n) is 12.7. The van der Waals surface area contributed by atoms with Crippen LogP contribution in [0.2, 0.25) is 0 Å². The predicted octanol–water partition coefficient (Wildman–Crippen LogP) is 2.83. The van der Waals surface area contributed by atoms with Crippen LogP contribution < -0.4 is 0 Å². The van der Waals surface area contributed by atoms with E-state index >= 15 is 0 Å². The molecule has 0 aliphatic rings. The van der Waals surface area contributed by atoms with Gasteiger partial charge in [0.2, 0.25) is 0 Å². The highest BCUT2D eigenvalue weighted by molar-refractivity contribution is 5.61. The van der Waals surface area contributed by atoms with Crippen LogP contribution >= 0.6 is 0 Å². The molecule has 0 aliphatic carbocycles. The average Bonchev–Trinajstić information content (AvgIpc) is 2.96. The fourth-order valence-corrected chi connectivity index (χ4v) is 2.29. The van der Waals surface area contributed by atoms with E-state index in [2.05, 4.69) is 15.1 Å². The summed E-state index contributed by atoms with van der Waals surface area (Å²) < 4.78 is 6.96. The molecule has 0 aliphatic heterocycles. The summed E-state index contributed by atoms with van der Waals surface area (Å²) in [6.07, 6.45) is 4.50. The lowest BCUT2D eigenvalue weighted by Crippen LogP contribution is -2.01. The van der Waals surface area contributed by atoms with Gasteiger partial charge in [0, 0.05) is 31.5 Å². The van der Waals surface area contributed by atoms with Crippen molar-refractivity contribution in [2.75, 3.05) is 13.7 Å². The highest BCUT2D eigenvalue weighted by atomic mass is 16.5. The molecule has 112 valence electrons. The fourth-order valence-electron chi connectivity index (χ4n) is 2.29. The predicted molar refractivity (Wildman–Crippen MR) is 84.9 cm³/mol. The summed E-state index contributed by atoms with van der Waals surface area (Å²) >= 11 is 0. The van der Waals surface area contributed by atoms with Crippen LogP contribution in [0.25, 0.3) is 16.9 Å². The minimum atomic E-state index is 0.617. The van der Waals surface area contributed by atoms with Crippen LogP contribution in [0.15, 0.2) is 48.8 Å². The summed E-state index contributed by atoms with van der Waals surface area (Å²) in [7, 11) is 1.68. The third-order valence-corrected chi connectivity index (χ3v) is 3.43. The number of methoxy groups -OCH3 is 1. The van der Waals surface area contributed by atoms with Gasteiger partial charge < -0.3 is 4.74 Å². The Labute approximate surface area is 129 Å². The van der Waals surface area contributed by atoms with Crippen molar-refractivity contribution in [3.63, 3.8) is 0 Å². The minimum absolute atomic E-state index is 0.617. The lowest BCUT2D eigenvalue weighted by Gasteiger charge is -2.02. The molecule has 5 heteroatoms. The van der Waals surface area contributed by atoms with Crippen LogP contribution in [-0.2, 0) is 11.2 Å². The molecule has 3 aromatic rings. The molecule has 0 atom stereocenters. The van der Waals surface area contributed by atoms with Crippen LogP contribution in [0.5, 0.6) is 0 Å². The third-order valence-electron chi connectivity index (χ3n) is 3.43. The van der Waals surface area contributed by atoms with Gasteiger partial charge in [-0.15, -0.1) is 0 Å². The number of nitrogens with zero attached hydrogens (tertiary/aromatic N) is 4. The molecule has 0 bridgehead atoms. The van der Waals surface area contributed by atoms with Gasteiger partial charge in [0.25, 0.3) is 0 Å².